The lowest BCUT2D eigenvalue weighted by molar-refractivity contribution is -0.120. The molecule has 1 atom stereocenters. The fourth-order valence-corrected chi connectivity index (χ4v) is 1.80. The van der Waals surface area contributed by atoms with E-state index in [9.17, 15) is 4.79 Å². The number of carbonyl (C=O) groups is 1. The van der Waals surface area contributed by atoms with Crippen molar-refractivity contribution in [1.29, 1.82) is 0 Å². The standard InChI is InChI=1S/C11H17N5O/c1-7-8(2)15-16-11(13-7)14-10(17)9-4-3-5-12-6-9/h9,12H,3-6H2,1-2H3,(H,13,14,16,17)/t9-/m0/s1. The quantitative estimate of drug-likeness (QED) is 0.777. The number of aromatic nitrogens is 3. The number of rotatable bonds is 2. The second kappa shape index (κ2) is 5.18. The number of amides is 1. The van der Waals surface area contributed by atoms with Crippen LogP contribution in [0.2, 0.25) is 0 Å². The first-order valence-electron chi connectivity index (χ1n) is 5.86. The Balaban J connectivity index is 1.99. The highest BCUT2D eigenvalue weighted by atomic mass is 16.2. The van der Waals surface area contributed by atoms with Gasteiger partial charge in [-0.1, -0.05) is 0 Å². The van der Waals surface area contributed by atoms with Crippen molar-refractivity contribution < 1.29 is 4.79 Å². The Morgan fingerprint density at radius 1 is 1.35 bits per heavy atom. The summed E-state index contributed by atoms with van der Waals surface area (Å²) in [6.07, 6.45) is 1.95. The molecule has 0 unspecified atom stereocenters. The summed E-state index contributed by atoms with van der Waals surface area (Å²) < 4.78 is 0. The molecule has 1 aliphatic rings. The van der Waals surface area contributed by atoms with Crippen molar-refractivity contribution in [3.05, 3.63) is 11.4 Å². The first-order valence-corrected chi connectivity index (χ1v) is 5.86. The van der Waals surface area contributed by atoms with Gasteiger partial charge in [0.1, 0.15) is 0 Å². The molecule has 0 radical (unpaired) electrons. The smallest absolute Gasteiger partial charge is 0.249 e. The molecule has 0 spiro atoms. The molecule has 92 valence electrons. The first kappa shape index (κ1) is 11.9. The average molecular weight is 235 g/mol. The van der Waals surface area contributed by atoms with Gasteiger partial charge in [0.05, 0.1) is 17.3 Å². The van der Waals surface area contributed by atoms with Gasteiger partial charge in [-0.15, -0.1) is 5.10 Å². The number of nitrogens with one attached hydrogen (secondary N) is 2. The Morgan fingerprint density at radius 3 is 2.82 bits per heavy atom. The van der Waals surface area contributed by atoms with E-state index in [2.05, 4.69) is 25.8 Å². The van der Waals surface area contributed by atoms with Crippen LogP contribution < -0.4 is 10.6 Å². The molecule has 2 heterocycles. The molecule has 0 bridgehead atoms. The van der Waals surface area contributed by atoms with Crippen molar-refractivity contribution in [1.82, 2.24) is 20.5 Å². The molecule has 6 nitrogen and oxygen atoms in total. The number of aryl methyl sites for hydroxylation is 2. The van der Waals surface area contributed by atoms with Crippen LogP contribution in [0.5, 0.6) is 0 Å². The summed E-state index contributed by atoms with van der Waals surface area (Å²) in [4.78, 5) is 16.1. The summed E-state index contributed by atoms with van der Waals surface area (Å²) in [6, 6.07) is 0. The lowest BCUT2D eigenvalue weighted by Gasteiger charge is -2.21. The molecule has 1 amide bonds. The molecule has 2 N–H and O–H groups in total. The van der Waals surface area contributed by atoms with Crippen LogP contribution in [0.3, 0.4) is 0 Å². The normalized spacial score (nSPS) is 20.0. The number of piperidine rings is 1. The molecular formula is C11H17N5O. The summed E-state index contributed by atoms with van der Waals surface area (Å²) in [6.45, 7) is 5.41. The summed E-state index contributed by atoms with van der Waals surface area (Å²) >= 11 is 0. The maximum atomic E-state index is 11.9. The van der Waals surface area contributed by atoms with Gasteiger partial charge < -0.3 is 5.32 Å². The van der Waals surface area contributed by atoms with E-state index in [0.29, 0.717) is 5.95 Å². The molecule has 6 heteroatoms. The summed E-state index contributed by atoms with van der Waals surface area (Å²) in [5.41, 5.74) is 1.57. The van der Waals surface area contributed by atoms with Gasteiger partial charge in [0.15, 0.2) is 0 Å². The van der Waals surface area contributed by atoms with E-state index in [0.717, 1.165) is 37.3 Å². The van der Waals surface area contributed by atoms with Crippen molar-refractivity contribution in [2.24, 2.45) is 5.92 Å². The Labute approximate surface area is 100 Å². The van der Waals surface area contributed by atoms with Crippen molar-refractivity contribution in [3.63, 3.8) is 0 Å². The van der Waals surface area contributed by atoms with Gasteiger partial charge in [-0.25, -0.2) is 4.98 Å². The molecular weight excluding hydrogens is 218 g/mol. The molecule has 1 aromatic rings. The lowest BCUT2D eigenvalue weighted by Crippen LogP contribution is -2.37. The zero-order valence-electron chi connectivity index (χ0n) is 10.2. The van der Waals surface area contributed by atoms with Crippen molar-refractivity contribution >= 4 is 11.9 Å². The highest BCUT2D eigenvalue weighted by Crippen LogP contribution is 2.12. The molecule has 2 rings (SSSR count). The third kappa shape index (κ3) is 2.97. The van der Waals surface area contributed by atoms with Crippen LogP contribution in [0.4, 0.5) is 5.95 Å². The Kier molecular flexibility index (Phi) is 3.63. The van der Waals surface area contributed by atoms with Crippen molar-refractivity contribution in [3.8, 4) is 0 Å². The number of carbonyl (C=O) groups excluding carboxylic acids is 1. The predicted octanol–water partition coefficient (Wildman–Crippen LogP) is 0.427. The Bertz CT molecular complexity index is 414. The van der Waals surface area contributed by atoms with Crippen LogP contribution in [0, 0.1) is 19.8 Å². The van der Waals surface area contributed by atoms with Gasteiger partial charge in [0.2, 0.25) is 11.9 Å². The fraction of sp³-hybridized carbons (Fsp3) is 0.636. The highest BCUT2D eigenvalue weighted by Gasteiger charge is 2.21. The van der Waals surface area contributed by atoms with Crippen LogP contribution in [-0.4, -0.2) is 34.2 Å². The van der Waals surface area contributed by atoms with Gasteiger partial charge >= 0.3 is 0 Å². The van der Waals surface area contributed by atoms with Gasteiger partial charge in [-0.3, -0.25) is 10.1 Å². The number of anilines is 1. The number of hydrogen-bond acceptors (Lipinski definition) is 5. The van der Waals surface area contributed by atoms with E-state index >= 15 is 0 Å². The largest absolute Gasteiger partial charge is 0.316 e. The highest BCUT2D eigenvalue weighted by molar-refractivity contribution is 5.91. The van der Waals surface area contributed by atoms with E-state index in [4.69, 9.17) is 0 Å². The van der Waals surface area contributed by atoms with Gasteiger partial charge in [0.25, 0.3) is 0 Å². The minimum atomic E-state index is -0.0257. The molecule has 0 aliphatic carbocycles. The Hall–Kier alpha value is -1.56. The first-order chi connectivity index (χ1) is 8.16. The number of hydrogen-bond donors (Lipinski definition) is 2. The van der Waals surface area contributed by atoms with E-state index in [-0.39, 0.29) is 11.8 Å². The summed E-state index contributed by atoms with van der Waals surface area (Å²) in [5.74, 6) is 0.278. The molecule has 0 aromatic carbocycles. The van der Waals surface area contributed by atoms with E-state index < -0.39 is 0 Å². The van der Waals surface area contributed by atoms with E-state index in [1.165, 1.54) is 0 Å². The van der Waals surface area contributed by atoms with Crippen molar-refractivity contribution in [2.75, 3.05) is 18.4 Å². The monoisotopic (exact) mass is 235 g/mol. The van der Waals surface area contributed by atoms with Gasteiger partial charge in [-0.2, -0.15) is 5.10 Å². The van der Waals surface area contributed by atoms with Crippen molar-refractivity contribution in [2.45, 2.75) is 26.7 Å². The maximum absolute atomic E-state index is 11.9. The zero-order valence-corrected chi connectivity index (χ0v) is 10.2. The van der Waals surface area contributed by atoms with E-state index in [1.54, 1.807) is 0 Å². The average Bonchev–Trinajstić information content (AvgIpc) is 2.35. The zero-order chi connectivity index (χ0) is 12.3. The SMILES string of the molecule is Cc1nnc(NC(=O)[C@H]2CCCNC2)nc1C. The van der Waals surface area contributed by atoms with Crippen LogP contribution in [-0.2, 0) is 4.79 Å². The third-order valence-corrected chi connectivity index (χ3v) is 2.99. The van der Waals surface area contributed by atoms with Crippen LogP contribution >= 0.6 is 0 Å². The maximum Gasteiger partial charge on any atom is 0.249 e. The molecule has 17 heavy (non-hydrogen) atoms. The molecule has 1 saturated heterocycles. The van der Waals surface area contributed by atoms with Gasteiger partial charge in [0, 0.05) is 6.54 Å². The third-order valence-electron chi connectivity index (χ3n) is 2.99. The fourth-order valence-electron chi connectivity index (χ4n) is 1.80. The topological polar surface area (TPSA) is 79.8 Å². The van der Waals surface area contributed by atoms with Crippen LogP contribution in [0.25, 0.3) is 0 Å². The summed E-state index contributed by atoms with van der Waals surface area (Å²) in [5, 5.41) is 13.7. The van der Waals surface area contributed by atoms with Crippen LogP contribution in [0.1, 0.15) is 24.2 Å². The van der Waals surface area contributed by atoms with E-state index in [1.807, 2.05) is 13.8 Å². The second-order valence-electron chi connectivity index (χ2n) is 4.34. The van der Waals surface area contributed by atoms with Gasteiger partial charge in [-0.05, 0) is 33.2 Å². The second-order valence-corrected chi connectivity index (χ2v) is 4.34. The lowest BCUT2D eigenvalue weighted by atomic mass is 9.99. The summed E-state index contributed by atoms with van der Waals surface area (Å²) in [7, 11) is 0. The Morgan fingerprint density at radius 2 is 2.18 bits per heavy atom. The molecule has 1 aliphatic heterocycles. The minimum absolute atomic E-state index is 0.00830. The predicted molar refractivity (Wildman–Crippen MR) is 63.5 cm³/mol. The molecule has 1 fully saturated rings. The molecule has 0 saturated carbocycles. The minimum Gasteiger partial charge on any atom is -0.316 e. The number of nitrogens with zero attached hydrogens (tertiary/aromatic N) is 3. The molecule has 1 aromatic heterocycles. The van der Waals surface area contributed by atoms with Crippen LogP contribution in [0.15, 0.2) is 0 Å².